The molecular formula is C13H17N3O2. The van der Waals surface area contributed by atoms with Crippen molar-refractivity contribution in [2.75, 3.05) is 19.5 Å². The molecule has 2 rings (SSSR count). The minimum atomic E-state index is 0.681. The molecule has 0 atom stereocenters. The summed E-state index contributed by atoms with van der Waals surface area (Å²) in [5.74, 6) is 1.58. The molecule has 0 saturated heterocycles. The van der Waals surface area contributed by atoms with E-state index >= 15 is 0 Å². The highest BCUT2D eigenvalue weighted by Gasteiger charge is 2.05. The Balaban J connectivity index is 2.14. The molecule has 1 aromatic heterocycles. The molecule has 1 N–H and O–H groups in total. The Bertz CT molecular complexity index is 523. The molecule has 1 aromatic carbocycles. The zero-order valence-electron chi connectivity index (χ0n) is 10.8. The van der Waals surface area contributed by atoms with Crippen LogP contribution in [0.5, 0.6) is 11.5 Å². The number of aromatic nitrogens is 2. The number of nitrogens with one attached hydrogen (secondary N) is 1. The number of rotatable bonds is 5. The molecular weight excluding hydrogens is 230 g/mol. The summed E-state index contributed by atoms with van der Waals surface area (Å²) in [7, 11) is 5.26. The fourth-order valence-corrected chi connectivity index (χ4v) is 1.69. The second kappa shape index (κ2) is 5.44. The van der Waals surface area contributed by atoms with Crippen molar-refractivity contribution in [1.29, 1.82) is 0 Å². The Morgan fingerprint density at radius 1 is 1.28 bits per heavy atom. The predicted molar refractivity (Wildman–Crippen MR) is 70.1 cm³/mol. The first-order valence-corrected chi connectivity index (χ1v) is 5.65. The Labute approximate surface area is 106 Å². The van der Waals surface area contributed by atoms with Gasteiger partial charge in [-0.1, -0.05) is 0 Å². The summed E-state index contributed by atoms with van der Waals surface area (Å²) in [5, 5.41) is 3.32. The van der Waals surface area contributed by atoms with Gasteiger partial charge in [-0.3, -0.25) is 0 Å². The number of hydrogen-bond donors (Lipinski definition) is 1. The molecule has 0 aliphatic carbocycles. The monoisotopic (exact) mass is 247 g/mol. The second-order valence-electron chi connectivity index (χ2n) is 3.92. The van der Waals surface area contributed by atoms with Crippen molar-refractivity contribution in [3.8, 4) is 11.5 Å². The van der Waals surface area contributed by atoms with Crippen molar-refractivity contribution in [2.45, 2.75) is 6.54 Å². The molecule has 0 aliphatic rings. The van der Waals surface area contributed by atoms with E-state index in [2.05, 4.69) is 10.3 Å². The third kappa shape index (κ3) is 2.56. The molecule has 2 aromatic rings. The van der Waals surface area contributed by atoms with Crippen LogP contribution in [-0.4, -0.2) is 23.8 Å². The Morgan fingerprint density at radius 2 is 2.11 bits per heavy atom. The van der Waals surface area contributed by atoms with Crippen molar-refractivity contribution in [3.63, 3.8) is 0 Å². The molecule has 5 nitrogen and oxygen atoms in total. The second-order valence-corrected chi connectivity index (χ2v) is 3.92. The molecule has 96 valence electrons. The first-order chi connectivity index (χ1) is 8.74. The van der Waals surface area contributed by atoms with Gasteiger partial charge in [-0.15, -0.1) is 0 Å². The highest BCUT2D eigenvalue weighted by Crippen LogP contribution is 2.29. The van der Waals surface area contributed by atoms with E-state index in [4.69, 9.17) is 9.47 Å². The molecule has 0 spiro atoms. The van der Waals surface area contributed by atoms with E-state index in [0.29, 0.717) is 6.54 Å². The average Bonchev–Trinajstić information content (AvgIpc) is 2.81. The summed E-state index contributed by atoms with van der Waals surface area (Å²) in [6.07, 6.45) is 3.61. The van der Waals surface area contributed by atoms with E-state index in [-0.39, 0.29) is 0 Å². The number of aryl methyl sites for hydroxylation is 1. The van der Waals surface area contributed by atoms with Gasteiger partial charge in [-0.05, 0) is 12.1 Å². The van der Waals surface area contributed by atoms with Crippen LogP contribution < -0.4 is 14.8 Å². The third-order valence-electron chi connectivity index (χ3n) is 2.78. The van der Waals surface area contributed by atoms with Gasteiger partial charge in [0.15, 0.2) is 0 Å². The van der Waals surface area contributed by atoms with Crippen molar-refractivity contribution < 1.29 is 9.47 Å². The van der Waals surface area contributed by atoms with Gasteiger partial charge in [0, 0.05) is 19.3 Å². The van der Waals surface area contributed by atoms with Gasteiger partial charge < -0.3 is 19.4 Å². The van der Waals surface area contributed by atoms with Gasteiger partial charge in [0.1, 0.15) is 11.5 Å². The molecule has 5 heteroatoms. The van der Waals surface area contributed by atoms with Crippen LogP contribution in [0.15, 0.2) is 30.7 Å². The first kappa shape index (κ1) is 12.3. The topological polar surface area (TPSA) is 48.3 Å². The number of imidazole rings is 1. The van der Waals surface area contributed by atoms with E-state index in [1.807, 2.05) is 36.0 Å². The Morgan fingerprint density at radius 3 is 2.72 bits per heavy atom. The molecule has 0 fully saturated rings. The lowest BCUT2D eigenvalue weighted by Crippen LogP contribution is -2.05. The van der Waals surface area contributed by atoms with Crippen LogP contribution in [0.1, 0.15) is 5.69 Å². The van der Waals surface area contributed by atoms with Crippen molar-refractivity contribution in [1.82, 2.24) is 9.55 Å². The highest BCUT2D eigenvalue weighted by atomic mass is 16.5. The van der Waals surface area contributed by atoms with E-state index in [9.17, 15) is 0 Å². The molecule has 0 radical (unpaired) electrons. The highest BCUT2D eigenvalue weighted by molar-refractivity contribution is 5.59. The van der Waals surface area contributed by atoms with Crippen LogP contribution >= 0.6 is 0 Å². The summed E-state index contributed by atoms with van der Waals surface area (Å²) in [6.45, 7) is 0.681. The zero-order valence-corrected chi connectivity index (χ0v) is 10.8. The van der Waals surface area contributed by atoms with Gasteiger partial charge in [0.25, 0.3) is 0 Å². The molecule has 0 unspecified atom stereocenters. The Kier molecular flexibility index (Phi) is 3.72. The minimum Gasteiger partial charge on any atom is -0.497 e. The maximum atomic E-state index is 5.30. The predicted octanol–water partition coefficient (Wildman–Crippen LogP) is 2.05. The van der Waals surface area contributed by atoms with E-state index in [0.717, 1.165) is 22.9 Å². The molecule has 18 heavy (non-hydrogen) atoms. The lowest BCUT2D eigenvalue weighted by molar-refractivity contribution is 0.404. The lowest BCUT2D eigenvalue weighted by Gasteiger charge is -2.12. The fourth-order valence-electron chi connectivity index (χ4n) is 1.69. The van der Waals surface area contributed by atoms with Gasteiger partial charge in [0.2, 0.25) is 0 Å². The van der Waals surface area contributed by atoms with Gasteiger partial charge in [0.05, 0.1) is 38.5 Å². The van der Waals surface area contributed by atoms with Crippen LogP contribution in [0.25, 0.3) is 0 Å². The number of benzene rings is 1. The summed E-state index contributed by atoms with van der Waals surface area (Å²) in [4.78, 5) is 4.08. The number of hydrogen-bond acceptors (Lipinski definition) is 4. The van der Waals surface area contributed by atoms with Crippen LogP contribution in [0.4, 0.5) is 5.69 Å². The summed E-state index contributed by atoms with van der Waals surface area (Å²) in [6, 6.07) is 5.66. The largest absolute Gasteiger partial charge is 0.497 e. The number of nitrogens with zero attached hydrogens (tertiary/aromatic N) is 2. The number of ether oxygens (including phenoxy) is 2. The summed E-state index contributed by atoms with van der Waals surface area (Å²) < 4.78 is 12.5. The molecule has 0 bridgehead atoms. The lowest BCUT2D eigenvalue weighted by atomic mass is 10.2. The Hall–Kier alpha value is -2.17. The SMILES string of the molecule is COc1ccc(OC)c(NCc2cncn2C)c1. The van der Waals surface area contributed by atoms with Crippen molar-refractivity contribution in [3.05, 3.63) is 36.4 Å². The minimum absolute atomic E-state index is 0.681. The smallest absolute Gasteiger partial charge is 0.142 e. The fraction of sp³-hybridized carbons (Fsp3) is 0.308. The molecule has 0 saturated carbocycles. The van der Waals surface area contributed by atoms with Gasteiger partial charge in [-0.25, -0.2) is 4.98 Å². The third-order valence-corrected chi connectivity index (χ3v) is 2.78. The van der Waals surface area contributed by atoms with Crippen LogP contribution in [0.2, 0.25) is 0 Å². The number of methoxy groups -OCH3 is 2. The van der Waals surface area contributed by atoms with Gasteiger partial charge in [-0.2, -0.15) is 0 Å². The molecule has 1 heterocycles. The van der Waals surface area contributed by atoms with E-state index < -0.39 is 0 Å². The first-order valence-electron chi connectivity index (χ1n) is 5.65. The van der Waals surface area contributed by atoms with Gasteiger partial charge >= 0.3 is 0 Å². The van der Waals surface area contributed by atoms with Crippen molar-refractivity contribution in [2.24, 2.45) is 7.05 Å². The maximum Gasteiger partial charge on any atom is 0.142 e. The quantitative estimate of drug-likeness (QED) is 0.878. The maximum absolute atomic E-state index is 5.30. The normalized spacial score (nSPS) is 10.2. The number of anilines is 1. The summed E-state index contributed by atoms with van der Waals surface area (Å²) >= 11 is 0. The van der Waals surface area contributed by atoms with E-state index in [1.54, 1.807) is 20.5 Å². The average molecular weight is 247 g/mol. The van der Waals surface area contributed by atoms with Crippen LogP contribution in [-0.2, 0) is 13.6 Å². The van der Waals surface area contributed by atoms with Crippen LogP contribution in [0.3, 0.4) is 0 Å². The molecule has 0 aliphatic heterocycles. The summed E-state index contributed by atoms with van der Waals surface area (Å²) in [5.41, 5.74) is 2.00. The van der Waals surface area contributed by atoms with E-state index in [1.165, 1.54) is 0 Å². The van der Waals surface area contributed by atoms with Crippen molar-refractivity contribution >= 4 is 5.69 Å². The van der Waals surface area contributed by atoms with Crippen LogP contribution in [0, 0.1) is 0 Å². The standard InChI is InChI=1S/C13H17N3O2/c1-16-9-14-7-10(16)8-15-12-6-11(17-2)4-5-13(12)18-3/h4-7,9,15H,8H2,1-3H3. The zero-order chi connectivity index (χ0) is 13.0. The molecule has 0 amide bonds.